The van der Waals surface area contributed by atoms with Gasteiger partial charge in [-0.05, 0) is 31.4 Å². The maximum absolute atomic E-state index is 12.3. The van der Waals surface area contributed by atoms with Crippen molar-refractivity contribution in [1.82, 2.24) is 5.32 Å². The Morgan fingerprint density at radius 3 is 2.57 bits per heavy atom. The summed E-state index contributed by atoms with van der Waals surface area (Å²) in [5.41, 5.74) is -0.0888. The predicted octanol–water partition coefficient (Wildman–Crippen LogP) is 2.86. The van der Waals surface area contributed by atoms with Crippen LogP contribution in [0.2, 0.25) is 0 Å². The van der Waals surface area contributed by atoms with Crippen LogP contribution in [-0.4, -0.2) is 16.4 Å². The highest BCUT2D eigenvalue weighted by Crippen LogP contribution is 2.28. The van der Waals surface area contributed by atoms with Gasteiger partial charge in [-0.25, -0.2) is 0 Å². The molecule has 1 aliphatic rings. The van der Waals surface area contributed by atoms with Crippen LogP contribution in [0.1, 0.15) is 48.0 Å². The summed E-state index contributed by atoms with van der Waals surface area (Å²) in [7, 11) is 0. The van der Waals surface area contributed by atoms with Crippen LogP contribution in [0.4, 0.5) is 5.69 Å². The molecule has 1 aromatic carbocycles. The summed E-state index contributed by atoms with van der Waals surface area (Å²) in [6, 6.07) is 6.46. The minimum absolute atomic E-state index is 0.116. The van der Waals surface area contributed by atoms with Crippen molar-refractivity contribution in [3.8, 4) is 6.07 Å². The molecule has 2 rings (SSSR count). The number of aryl methyl sites for hydroxylation is 1. The number of nitrogens with zero attached hydrogens (tertiary/aromatic N) is 2. The number of nitro benzene ring substituents is 1. The average Bonchev–Trinajstić information content (AvgIpc) is 2.47. The van der Waals surface area contributed by atoms with Crippen molar-refractivity contribution in [2.24, 2.45) is 0 Å². The highest BCUT2D eigenvalue weighted by molar-refractivity contribution is 5.95. The Morgan fingerprint density at radius 1 is 1.33 bits per heavy atom. The first-order chi connectivity index (χ1) is 9.96. The van der Waals surface area contributed by atoms with Crippen molar-refractivity contribution in [3.05, 3.63) is 39.4 Å². The first kappa shape index (κ1) is 15.0. The van der Waals surface area contributed by atoms with E-state index >= 15 is 0 Å². The smallest absolute Gasteiger partial charge is 0.270 e. The third-order valence-electron chi connectivity index (χ3n) is 3.81. The van der Waals surface area contributed by atoms with E-state index in [1.54, 1.807) is 13.0 Å². The van der Waals surface area contributed by atoms with Crippen LogP contribution < -0.4 is 5.32 Å². The first-order valence-electron chi connectivity index (χ1n) is 6.96. The van der Waals surface area contributed by atoms with E-state index < -0.39 is 16.4 Å². The minimum atomic E-state index is -0.839. The van der Waals surface area contributed by atoms with E-state index in [0.717, 1.165) is 19.3 Å². The van der Waals surface area contributed by atoms with Crippen LogP contribution in [0.25, 0.3) is 0 Å². The lowest BCUT2D eigenvalue weighted by molar-refractivity contribution is -0.384. The van der Waals surface area contributed by atoms with Crippen molar-refractivity contribution >= 4 is 11.6 Å². The molecule has 0 radical (unpaired) electrons. The summed E-state index contributed by atoms with van der Waals surface area (Å²) in [6.07, 6.45) is 4.13. The quantitative estimate of drug-likeness (QED) is 0.682. The molecule has 0 saturated heterocycles. The Morgan fingerprint density at radius 2 is 2.00 bits per heavy atom. The van der Waals surface area contributed by atoms with Gasteiger partial charge >= 0.3 is 0 Å². The van der Waals surface area contributed by atoms with E-state index in [2.05, 4.69) is 11.4 Å². The van der Waals surface area contributed by atoms with Crippen molar-refractivity contribution in [2.45, 2.75) is 44.6 Å². The largest absolute Gasteiger partial charge is 0.334 e. The number of rotatable bonds is 3. The second-order valence-corrected chi connectivity index (χ2v) is 5.52. The van der Waals surface area contributed by atoms with Crippen LogP contribution in [0, 0.1) is 28.4 Å². The predicted molar refractivity (Wildman–Crippen MR) is 76.7 cm³/mol. The van der Waals surface area contributed by atoms with Crippen molar-refractivity contribution < 1.29 is 9.72 Å². The Hall–Kier alpha value is -2.42. The van der Waals surface area contributed by atoms with Crippen LogP contribution in [0.15, 0.2) is 18.2 Å². The van der Waals surface area contributed by atoms with E-state index in [1.807, 2.05) is 0 Å². The topological polar surface area (TPSA) is 96.0 Å². The van der Waals surface area contributed by atoms with Gasteiger partial charge in [0.2, 0.25) is 0 Å². The highest BCUT2D eigenvalue weighted by atomic mass is 16.6. The number of hydrogen-bond donors (Lipinski definition) is 1. The summed E-state index contributed by atoms with van der Waals surface area (Å²) in [6.45, 7) is 1.70. The maximum atomic E-state index is 12.3. The molecule has 1 aliphatic carbocycles. The highest BCUT2D eigenvalue weighted by Gasteiger charge is 2.34. The van der Waals surface area contributed by atoms with Gasteiger partial charge in [0.15, 0.2) is 0 Å². The average molecular weight is 287 g/mol. The van der Waals surface area contributed by atoms with Crippen LogP contribution in [0.5, 0.6) is 0 Å². The number of nitrogens with one attached hydrogen (secondary N) is 1. The number of benzene rings is 1. The molecule has 0 bridgehead atoms. The van der Waals surface area contributed by atoms with Gasteiger partial charge in [-0.15, -0.1) is 0 Å². The molecule has 1 saturated carbocycles. The fraction of sp³-hybridized carbons (Fsp3) is 0.467. The maximum Gasteiger partial charge on any atom is 0.270 e. The van der Waals surface area contributed by atoms with E-state index in [-0.39, 0.29) is 11.3 Å². The molecule has 0 aromatic heterocycles. The van der Waals surface area contributed by atoms with Gasteiger partial charge in [0.25, 0.3) is 11.6 Å². The molecule has 1 fully saturated rings. The van der Waals surface area contributed by atoms with Crippen LogP contribution in [-0.2, 0) is 0 Å². The zero-order valence-corrected chi connectivity index (χ0v) is 11.9. The van der Waals surface area contributed by atoms with Crippen LogP contribution >= 0.6 is 0 Å². The summed E-state index contributed by atoms with van der Waals surface area (Å²) in [4.78, 5) is 22.7. The third-order valence-corrected chi connectivity index (χ3v) is 3.81. The number of nitro groups is 1. The number of amides is 1. The normalized spacial score (nSPS) is 16.8. The van der Waals surface area contributed by atoms with Gasteiger partial charge in [0.05, 0.1) is 11.0 Å². The van der Waals surface area contributed by atoms with Gasteiger partial charge in [0, 0.05) is 17.7 Å². The molecule has 0 heterocycles. The number of nitriles is 1. The lowest BCUT2D eigenvalue weighted by atomic mass is 9.82. The molecule has 0 unspecified atom stereocenters. The van der Waals surface area contributed by atoms with Gasteiger partial charge in [-0.3, -0.25) is 14.9 Å². The molecule has 1 N–H and O–H groups in total. The standard InChI is InChI=1S/C15H17N3O3/c1-11-7-12(9-13(8-11)18(20)21)14(19)17-15(10-16)5-3-2-4-6-15/h7-9H,2-6H2,1H3,(H,17,19). The van der Waals surface area contributed by atoms with Crippen molar-refractivity contribution in [3.63, 3.8) is 0 Å². The van der Waals surface area contributed by atoms with Gasteiger partial charge < -0.3 is 5.32 Å². The molecule has 0 atom stereocenters. The van der Waals surface area contributed by atoms with Gasteiger partial charge in [-0.1, -0.05) is 19.3 Å². The SMILES string of the molecule is Cc1cc(C(=O)NC2(C#N)CCCCC2)cc([N+](=O)[O-])c1. The Balaban J connectivity index is 2.24. The van der Waals surface area contributed by atoms with Gasteiger partial charge in [-0.2, -0.15) is 5.26 Å². The van der Waals surface area contributed by atoms with E-state index in [1.165, 1.54) is 12.1 Å². The molecule has 1 amide bonds. The Kier molecular flexibility index (Phi) is 4.22. The monoisotopic (exact) mass is 287 g/mol. The lowest BCUT2D eigenvalue weighted by Crippen LogP contribution is -2.48. The second-order valence-electron chi connectivity index (χ2n) is 5.52. The van der Waals surface area contributed by atoms with Crippen LogP contribution in [0.3, 0.4) is 0 Å². The zero-order valence-electron chi connectivity index (χ0n) is 11.9. The number of carbonyl (C=O) groups is 1. The van der Waals surface area contributed by atoms with Crippen molar-refractivity contribution in [1.29, 1.82) is 5.26 Å². The fourth-order valence-corrected chi connectivity index (χ4v) is 2.71. The summed E-state index contributed by atoms with van der Waals surface area (Å²) in [5, 5.41) is 23.0. The molecular formula is C15H17N3O3. The molecule has 110 valence electrons. The number of hydrogen-bond acceptors (Lipinski definition) is 4. The summed E-state index contributed by atoms with van der Waals surface area (Å²) >= 11 is 0. The Labute approximate surface area is 122 Å². The molecule has 0 spiro atoms. The number of carbonyl (C=O) groups excluding carboxylic acids is 1. The number of non-ortho nitro benzene ring substituents is 1. The van der Waals surface area contributed by atoms with Gasteiger partial charge in [0.1, 0.15) is 5.54 Å². The molecule has 6 heteroatoms. The second kappa shape index (κ2) is 5.92. The molecular weight excluding hydrogens is 270 g/mol. The molecule has 6 nitrogen and oxygen atoms in total. The molecule has 1 aromatic rings. The van der Waals surface area contributed by atoms with E-state index in [0.29, 0.717) is 18.4 Å². The molecule has 21 heavy (non-hydrogen) atoms. The molecule has 0 aliphatic heterocycles. The zero-order chi connectivity index (χ0) is 15.5. The van der Waals surface area contributed by atoms with Crippen molar-refractivity contribution in [2.75, 3.05) is 0 Å². The van der Waals surface area contributed by atoms with E-state index in [4.69, 9.17) is 0 Å². The lowest BCUT2D eigenvalue weighted by Gasteiger charge is -2.31. The summed E-state index contributed by atoms with van der Waals surface area (Å²) < 4.78 is 0. The third kappa shape index (κ3) is 3.37. The van der Waals surface area contributed by atoms with E-state index in [9.17, 15) is 20.2 Å². The Bertz CT molecular complexity index is 613. The fourth-order valence-electron chi connectivity index (χ4n) is 2.71. The minimum Gasteiger partial charge on any atom is -0.334 e. The summed E-state index contributed by atoms with van der Waals surface area (Å²) in [5.74, 6) is -0.426. The first-order valence-corrected chi connectivity index (χ1v) is 6.96.